The van der Waals surface area contributed by atoms with Crippen LogP contribution >= 0.6 is 0 Å². The van der Waals surface area contributed by atoms with Crippen LogP contribution in [-0.4, -0.2) is 29.9 Å². The van der Waals surface area contributed by atoms with Crippen molar-refractivity contribution in [3.8, 4) is 0 Å². The standard InChI is InChI=1S/C6H12N4/c1-4-8-5(2)10(3)6(7)9-4/h5H,1-3H3,(H2,7,8,9). The molecule has 0 saturated carbocycles. The van der Waals surface area contributed by atoms with E-state index in [0.717, 1.165) is 5.84 Å². The second-order valence-corrected chi connectivity index (χ2v) is 2.39. The molecule has 0 aromatic heterocycles. The fraction of sp³-hybridized carbons (Fsp3) is 0.667. The Morgan fingerprint density at radius 3 is 2.70 bits per heavy atom. The number of nitrogens with two attached hydrogens (primary N) is 1. The van der Waals surface area contributed by atoms with Crippen LogP contribution < -0.4 is 5.73 Å². The summed E-state index contributed by atoms with van der Waals surface area (Å²) in [6.07, 6.45) is 0.123. The zero-order chi connectivity index (χ0) is 7.72. The number of hydrogen-bond donors (Lipinski definition) is 1. The average molecular weight is 140 g/mol. The van der Waals surface area contributed by atoms with E-state index < -0.39 is 0 Å². The third kappa shape index (κ3) is 1.10. The SMILES string of the molecule is CC1=NC(C)N(C)C(N)=N1. The molecule has 2 N–H and O–H groups in total. The Kier molecular flexibility index (Phi) is 1.61. The molecule has 1 atom stereocenters. The fourth-order valence-corrected chi connectivity index (χ4v) is 0.822. The second kappa shape index (κ2) is 2.28. The Morgan fingerprint density at radius 1 is 1.60 bits per heavy atom. The minimum absolute atomic E-state index is 0.123. The molecule has 1 heterocycles. The Labute approximate surface area is 60.4 Å². The number of guanidine groups is 1. The maximum Gasteiger partial charge on any atom is 0.199 e. The van der Waals surface area contributed by atoms with E-state index in [1.165, 1.54) is 0 Å². The lowest BCUT2D eigenvalue weighted by molar-refractivity contribution is 0.393. The first kappa shape index (κ1) is 7.05. The van der Waals surface area contributed by atoms with E-state index in [1.807, 2.05) is 25.8 Å². The fourth-order valence-electron chi connectivity index (χ4n) is 0.822. The molecule has 4 nitrogen and oxygen atoms in total. The molecular formula is C6H12N4. The lowest BCUT2D eigenvalue weighted by atomic mass is 10.4. The summed E-state index contributed by atoms with van der Waals surface area (Å²) in [4.78, 5) is 10.0. The average Bonchev–Trinajstić information content (AvgIpc) is 1.82. The molecule has 1 unspecified atom stereocenters. The van der Waals surface area contributed by atoms with Crippen LogP contribution in [0.25, 0.3) is 0 Å². The quantitative estimate of drug-likeness (QED) is 0.515. The zero-order valence-electron chi connectivity index (χ0n) is 6.50. The molecule has 10 heavy (non-hydrogen) atoms. The summed E-state index contributed by atoms with van der Waals surface area (Å²) in [6.45, 7) is 3.82. The van der Waals surface area contributed by atoms with Crippen LogP contribution in [0.5, 0.6) is 0 Å². The van der Waals surface area contributed by atoms with Crippen molar-refractivity contribution >= 4 is 11.8 Å². The van der Waals surface area contributed by atoms with Gasteiger partial charge in [0.25, 0.3) is 0 Å². The Hall–Kier alpha value is -1.06. The van der Waals surface area contributed by atoms with Gasteiger partial charge in [-0.2, -0.15) is 0 Å². The maximum absolute atomic E-state index is 5.55. The van der Waals surface area contributed by atoms with Crippen molar-refractivity contribution in [3.05, 3.63) is 0 Å². The van der Waals surface area contributed by atoms with Gasteiger partial charge in [-0.05, 0) is 13.8 Å². The predicted molar refractivity (Wildman–Crippen MR) is 42.0 cm³/mol. The van der Waals surface area contributed by atoms with Crippen molar-refractivity contribution < 1.29 is 0 Å². The third-order valence-electron chi connectivity index (χ3n) is 1.57. The summed E-state index contributed by atoms with van der Waals surface area (Å²) < 4.78 is 0. The van der Waals surface area contributed by atoms with Crippen molar-refractivity contribution in [1.82, 2.24) is 4.90 Å². The van der Waals surface area contributed by atoms with Gasteiger partial charge < -0.3 is 10.6 Å². The Balaban J connectivity index is 2.85. The summed E-state index contributed by atoms with van der Waals surface area (Å²) in [5.74, 6) is 1.29. The van der Waals surface area contributed by atoms with Crippen molar-refractivity contribution in [2.75, 3.05) is 7.05 Å². The van der Waals surface area contributed by atoms with E-state index >= 15 is 0 Å². The first-order chi connectivity index (χ1) is 4.61. The van der Waals surface area contributed by atoms with Crippen LogP contribution in [-0.2, 0) is 0 Å². The molecule has 0 radical (unpaired) electrons. The van der Waals surface area contributed by atoms with Crippen LogP contribution in [0.4, 0.5) is 0 Å². The maximum atomic E-state index is 5.55. The summed E-state index contributed by atoms with van der Waals surface area (Å²) >= 11 is 0. The lowest BCUT2D eigenvalue weighted by Crippen LogP contribution is -2.42. The van der Waals surface area contributed by atoms with Gasteiger partial charge in [0.05, 0.1) is 0 Å². The normalized spacial score (nSPS) is 25.9. The van der Waals surface area contributed by atoms with Crippen LogP contribution in [0, 0.1) is 0 Å². The first-order valence-corrected chi connectivity index (χ1v) is 3.22. The highest BCUT2D eigenvalue weighted by Gasteiger charge is 2.13. The Morgan fingerprint density at radius 2 is 2.20 bits per heavy atom. The van der Waals surface area contributed by atoms with Gasteiger partial charge in [0.2, 0.25) is 0 Å². The van der Waals surface area contributed by atoms with Crippen LogP contribution in [0.1, 0.15) is 13.8 Å². The molecule has 56 valence electrons. The molecule has 1 rings (SSSR count). The Bertz CT molecular complexity index is 194. The molecule has 0 amide bonds. The third-order valence-corrected chi connectivity index (χ3v) is 1.57. The largest absolute Gasteiger partial charge is 0.369 e. The highest BCUT2D eigenvalue weighted by Crippen LogP contribution is 2.03. The van der Waals surface area contributed by atoms with Gasteiger partial charge in [-0.25, -0.2) is 9.98 Å². The summed E-state index contributed by atoms with van der Waals surface area (Å²) in [6, 6.07) is 0. The second-order valence-electron chi connectivity index (χ2n) is 2.39. The molecule has 1 aliphatic heterocycles. The molecule has 0 saturated heterocycles. The van der Waals surface area contributed by atoms with E-state index in [9.17, 15) is 0 Å². The molecule has 0 aromatic carbocycles. The molecular weight excluding hydrogens is 128 g/mol. The van der Waals surface area contributed by atoms with Crippen molar-refractivity contribution in [3.63, 3.8) is 0 Å². The number of nitrogens with zero attached hydrogens (tertiary/aromatic N) is 3. The lowest BCUT2D eigenvalue weighted by Gasteiger charge is -2.25. The van der Waals surface area contributed by atoms with Crippen LogP contribution in [0.15, 0.2) is 9.98 Å². The number of amidine groups is 1. The number of hydrogen-bond acceptors (Lipinski definition) is 4. The van der Waals surface area contributed by atoms with Gasteiger partial charge in [0.1, 0.15) is 12.0 Å². The zero-order valence-corrected chi connectivity index (χ0v) is 6.50. The molecule has 0 spiro atoms. The molecule has 0 bridgehead atoms. The van der Waals surface area contributed by atoms with Crippen molar-refractivity contribution in [1.29, 1.82) is 0 Å². The molecule has 0 aromatic rings. The van der Waals surface area contributed by atoms with E-state index in [1.54, 1.807) is 0 Å². The molecule has 0 fully saturated rings. The molecule has 4 heteroatoms. The van der Waals surface area contributed by atoms with Crippen LogP contribution in [0.2, 0.25) is 0 Å². The minimum Gasteiger partial charge on any atom is -0.369 e. The van der Waals surface area contributed by atoms with E-state index in [0.29, 0.717) is 5.96 Å². The number of aliphatic imine (C=N–C) groups is 2. The summed E-state index contributed by atoms with van der Waals surface area (Å²) in [7, 11) is 1.87. The highest BCUT2D eigenvalue weighted by molar-refractivity contribution is 5.95. The predicted octanol–water partition coefficient (Wildman–Crippen LogP) is 0.0109. The van der Waals surface area contributed by atoms with Gasteiger partial charge in [0, 0.05) is 7.05 Å². The first-order valence-electron chi connectivity index (χ1n) is 3.22. The van der Waals surface area contributed by atoms with Gasteiger partial charge in [-0.15, -0.1) is 0 Å². The van der Waals surface area contributed by atoms with Gasteiger partial charge in [-0.1, -0.05) is 0 Å². The molecule has 1 aliphatic rings. The van der Waals surface area contributed by atoms with Gasteiger partial charge >= 0.3 is 0 Å². The highest BCUT2D eigenvalue weighted by atomic mass is 15.3. The van der Waals surface area contributed by atoms with Crippen molar-refractivity contribution in [2.45, 2.75) is 20.0 Å². The van der Waals surface area contributed by atoms with Gasteiger partial charge in [-0.3, -0.25) is 0 Å². The monoisotopic (exact) mass is 140 g/mol. The summed E-state index contributed by atoms with van der Waals surface area (Å²) in [5.41, 5.74) is 5.55. The van der Waals surface area contributed by atoms with Crippen LogP contribution in [0.3, 0.4) is 0 Å². The van der Waals surface area contributed by atoms with Gasteiger partial charge in [0.15, 0.2) is 5.96 Å². The topological polar surface area (TPSA) is 54.0 Å². The van der Waals surface area contributed by atoms with Crippen molar-refractivity contribution in [2.24, 2.45) is 15.7 Å². The number of rotatable bonds is 0. The minimum atomic E-state index is 0.123. The molecule has 0 aliphatic carbocycles. The van der Waals surface area contributed by atoms with E-state index in [4.69, 9.17) is 5.73 Å². The smallest absolute Gasteiger partial charge is 0.199 e. The summed E-state index contributed by atoms with van der Waals surface area (Å²) in [5, 5.41) is 0. The van der Waals surface area contributed by atoms with E-state index in [-0.39, 0.29) is 6.17 Å². The van der Waals surface area contributed by atoms with E-state index in [2.05, 4.69) is 9.98 Å².